The summed E-state index contributed by atoms with van der Waals surface area (Å²) in [5, 5.41) is 0. The highest BCUT2D eigenvalue weighted by atomic mass is 35.5. The molecule has 1 rings (SSSR count). The molecule has 22 heavy (non-hydrogen) atoms. The van der Waals surface area contributed by atoms with Crippen molar-refractivity contribution in [3.05, 3.63) is 23.8 Å². The Kier molecular flexibility index (Phi) is 8.14. The molecule has 0 aliphatic carbocycles. The quantitative estimate of drug-likeness (QED) is 0.633. The SMILES string of the molecule is COC(=O)[C@@H](N)Cc1ccc(OC(C)=O)c(OC(C)=O)c1.Cl. The Balaban J connectivity index is 0.00000441. The molecule has 1 aromatic carbocycles. The van der Waals surface area contributed by atoms with Gasteiger partial charge in [-0.2, -0.15) is 0 Å². The number of rotatable bonds is 5. The number of esters is 3. The maximum absolute atomic E-state index is 11.3. The zero-order valence-corrected chi connectivity index (χ0v) is 13.3. The molecule has 0 unspecified atom stereocenters. The van der Waals surface area contributed by atoms with Gasteiger partial charge in [0.25, 0.3) is 0 Å². The predicted molar refractivity (Wildman–Crippen MR) is 80.0 cm³/mol. The molecular weight excluding hydrogens is 314 g/mol. The van der Waals surface area contributed by atoms with Crippen molar-refractivity contribution >= 4 is 30.3 Å². The molecule has 1 atom stereocenters. The van der Waals surface area contributed by atoms with Gasteiger partial charge in [-0.05, 0) is 24.1 Å². The zero-order valence-electron chi connectivity index (χ0n) is 12.5. The number of methoxy groups -OCH3 is 1. The van der Waals surface area contributed by atoms with Gasteiger partial charge in [0.2, 0.25) is 0 Å². The molecule has 0 amide bonds. The second kappa shape index (κ2) is 9.01. The molecule has 0 heterocycles. The first-order valence-corrected chi connectivity index (χ1v) is 6.16. The maximum atomic E-state index is 11.3. The molecule has 0 bridgehead atoms. The van der Waals surface area contributed by atoms with Gasteiger partial charge in [0.1, 0.15) is 6.04 Å². The van der Waals surface area contributed by atoms with E-state index in [1.807, 2.05) is 0 Å². The molecular formula is C14H18ClNO6. The Bertz CT molecular complexity index is 560. The van der Waals surface area contributed by atoms with Crippen molar-refractivity contribution in [1.29, 1.82) is 0 Å². The van der Waals surface area contributed by atoms with Crippen LogP contribution in [0.4, 0.5) is 0 Å². The van der Waals surface area contributed by atoms with Crippen molar-refractivity contribution in [2.24, 2.45) is 5.73 Å². The number of carbonyl (C=O) groups is 3. The largest absolute Gasteiger partial charge is 0.468 e. The third-order valence-corrected chi connectivity index (χ3v) is 2.48. The Hall–Kier alpha value is -2.12. The molecule has 0 aliphatic rings. The monoisotopic (exact) mass is 331 g/mol. The van der Waals surface area contributed by atoms with Gasteiger partial charge in [-0.25, -0.2) is 0 Å². The summed E-state index contributed by atoms with van der Waals surface area (Å²) in [6.07, 6.45) is 0.196. The number of nitrogens with two attached hydrogens (primary N) is 1. The van der Waals surface area contributed by atoms with Crippen LogP contribution in [0.25, 0.3) is 0 Å². The van der Waals surface area contributed by atoms with Crippen LogP contribution in [0.5, 0.6) is 11.5 Å². The van der Waals surface area contributed by atoms with Crippen LogP contribution < -0.4 is 15.2 Å². The van der Waals surface area contributed by atoms with Crippen LogP contribution in [0.1, 0.15) is 19.4 Å². The van der Waals surface area contributed by atoms with Crippen molar-refractivity contribution in [3.8, 4) is 11.5 Å². The zero-order chi connectivity index (χ0) is 16.0. The number of carbonyl (C=O) groups excluding carboxylic acids is 3. The molecule has 0 radical (unpaired) electrons. The van der Waals surface area contributed by atoms with Gasteiger partial charge in [0, 0.05) is 13.8 Å². The lowest BCUT2D eigenvalue weighted by molar-refractivity contribution is -0.142. The molecule has 2 N–H and O–H groups in total. The lowest BCUT2D eigenvalue weighted by Gasteiger charge is -2.12. The normalized spacial score (nSPS) is 10.9. The van der Waals surface area contributed by atoms with Crippen molar-refractivity contribution in [2.45, 2.75) is 26.3 Å². The number of hydrogen-bond donors (Lipinski definition) is 1. The molecule has 0 saturated heterocycles. The molecule has 122 valence electrons. The van der Waals surface area contributed by atoms with E-state index in [1.54, 1.807) is 6.07 Å². The van der Waals surface area contributed by atoms with Gasteiger partial charge in [0.15, 0.2) is 11.5 Å². The number of ether oxygens (including phenoxy) is 3. The van der Waals surface area contributed by atoms with E-state index in [9.17, 15) is 14.4 Å². The first-order valence-electron chi connectivity index (χ1n) is 6.16. The van der Waals surface area contributed by atoms with Crippen LogP contribution >= 0.6 is 12.4 Å². The average Bonchev–Trinajstić information content (AvgIpc) is 2.39. The summed E-state index contributed by atoms with van der Waals surface area (Å²) >= 11 is 0. The molecule has 7 nitrogen and oxygen atoms in total. The van der Waals surface area contributed by atoms with E-state index < -0.39 is 23.9 Å². The summed E-state index contributed by atoms with van der Waals surface area (Å²) in [7, 11) is 1.25. The topological polar surface area (TPSA) is 105 Å². The van der Waals surface area contributed by atoms with Gasteiger partial charge < -0.3 is 19.9 Å². The average molecular weight is 332 g/mol. The summed E-state index contributed by atoms with van der Waals surface area (Å²) in [6.45, 7) is 2.46. The summed E-state index contributed by atoms with van der Waals surface area (Å²) in [5.74, 6) is -1.44. The number of hydrogen-bond acceptors (Lipinski definition) is 7. The molecule has 0 aromatic heterocycles. The summed E-state index contributed by atoms with van der Waals surface area (Å²) in [5.41, 5.74) is 6.30. The second-order valence-electron chi connectivity index (χ2n) is 4.30. The van der Waals surface area contributed by atoms with E-state index in [0.717, 1.165) is 0 Å². The predicted octanol–water partition coefficient (Wildman–Crippen LogP) is 1.00. The van der Waals surface area contributed by atoms with E-state index in [4.69, 9.17) is 15.2 Å². The standard InChI is InChI=1S/C14H17NO6.ClH/c1-8(16)20-12-5-4-10(6-11(15)14(18)19-3)7-13(12)21-9(2)17;/h4-5,7,11H,6,15H2,1-3H3;1H/t11-;/m0./s1. The Morgan fingerprint density at radius 2 is 1.64 bits per heavy atom. The first kappa shape index (κ1) is 19.9. The van der Waals surface area contributed by atoms with Crippen LogP contribution in [-0.2, 0) is 25.5 Å². The lowest BCUT2D eigenvalue weighted by Crippen LogP contribution is -2.33. The molecule has 0 fully saturated rings. The van der Waals surface area contributed by atoms with Gasteiger partial charge in [-0.15, -0.1) is 12.4 Å². The Morgan fingerprint density at radius 1 is 1.09 bits per heavy atom. The van der Waals surface area contributed by atoms with Crippen molar-refractivity contribution < 1.29 is 28.6 Å². The van der Waals surface area contributed by atoms with E-state index in [2.05, 4.69) is 4.74 Å². The fraction of sp³-hybridized carbons (Fsp3) is 0.357. The third kappa shape index (κ3) is 6.11. The lowest BCUT2D eigenvalue weighted by atomic mass is 10.1. The fourth-order valence-corrected chi connectivity index (χ4v) is 1.64. The van der Waals surface area contributed by atoms with Crippen LogP contribution in [0.2, 0.25) is 0 Å². The van der Waals surface area contributed by atoms with Crippen molar-refractivity contribution in [3.63, 3.8) is 0 Å². The fourth-order valence-electron chi connectivity index (χ4n) is 1.64. The Labute approximate surface area is 134 Å². The Morgan fingerprint density at radius 3 is 2.14 bits per heavy atom. The molecule has 8 heteroatoms. The van der Waals surface area contributed by atoms with Crippen LogP contribution in [0, 0.1) is 0 Å². The molecule has 0 spiro atoms. The summed E-state index contributed by atoms with van der Waals surface area (Å²) < 4.78 is 14.5. The first-order chi connectivity index (χ1) is 9.83. The number of benzene rings is 1. The summed E-state index contributed by atoms with van der Waals surface area (Å²) in [6, 6.07) is 3.75. The van der Waals surface area contributed by atoms with Crippen LogP contribution in [-0.4, -0.2) is 31.1 Å². The highest BCUT2D eigenvalue weighted by molar-refractivity contribution is 5.85. The third-order valence-electron chi connectivity index (χ3n) is 2.48. The molecule has 0 aliphatic heterocycles. The highest BCUT2D eigenvalue weighted by Crippen LogP contribution is 2.29. The van der Waals surface area contributed by atoms with Gasteiger partial charge in [-0.1, -0.05) is 6.07 Å². The highest BCUT2D eigenvalue weighted by Gasteiger charge is 2.17. The minimum atomic E-state index is -0.834. The minimum absolute atomic E-state index is 0. The second-order valence-corrected chi connectivity index (χ2v) is 4.30. The van der Waals surface area contributed by atoms with E-state index in [-0.39, 0.29) is 30.3 Å². The van der Waals surface area contributed by atoms with E-state index >= 15 is 0 Å². The van der Waals surface area contributed by atoms with Crippen LogP contribution in [0.3, 0.4) is 0 Å². The van der Waals surface area contributed by atoms with Crippen molar-refractivity contribution in [1.82, 2.24) is 0 Å². The number of halogens is 1. The smallest absolute Gasteiger partial charge is 0.322 e. The maximum Gasteiger partial charge on any atom is 0.322 e. The minimum Gasteiger partial charge on any atom is -0.468 e. The van der Waals surface area contributed by atoms with Gasteiger partial charge in [0.05, 0.1) is 7.11 Å². The van der Waals surface area contributed by atoms with Gasteiger partial charge >= 0.3 is 17.9 Å². The van der Waals surface area contributed by atoms with Gasteiger partial charge in [-0.3, -0.25) is 14.4 Å². The van der Waals surface area contributed by atoms with E-state index in [1.165, 1.54) is 33.1 Å². The van der Waals surface area contributed by atoms with E-state index in [0.29, 0.717) is 5.56 Å². The van der Waals surface area contributed by atoms with Crippen molar-refractivity contribution in [2.75, 3.05) is 7.11 Å². The van der Waals surface area contributed by atoms with Crippen LogP contribution in [0.15, 0.2) is 18.2 Å². The summed E-state index contributed by atoms with van der Waals surface area (Å²) in [4.78, 5) is 33.4. The molecule has 0 saturated carbocycles. The molecule has 1 aromatic rings.